The van der Waals surface area contributed by atoms with Crippen LogP contribution >= 0.6 is 0 Å². The zero-order valence-corrected chi connectivity index (χ0v) is 11.9. The third-order valence-corrected chi connectivity index (χ3v) is 3.17. The van der Waals surface area contributed by atoms with Gasteiger partial charge in [-0.3, -0.25) is 14.8 Å². The Labute approximate surface area is 126 Å². The Balaban J connectivity index is 1.87. The minimum absolute atomic E-state index is 0.269. The van der Waals surface area contributed by atoms with Crippen molar-refractivity contribution in [3.63, 3.8) is 0 Å². The van der Waals surface area contributed by atoms with Gasteiger partial charge in [-0.2, -0.15) is 0 Å². The molecule has 0 aliphatic heterocycles. The van der Waals surface area contributed by atoms with E-state index in [1.54, 1.807) is 12.4 Å². The van der Waals surface area contributed by atoms with Crippen molar-refractivity contribution in [2.75, 3.05) is 7.11 Å². The normalized spacial score (nSPS) is 10.4. The van der Waals surface area contributed by atoms with Gasteiger partial charge in [0.1, 0.15) is 12.4 Å². The summed E-state index contributed by atoms with van der Waals surface area (Å²) >= 11 is 0. The third kappa shape index (κ3) is 2.71. The molecule has 0 aliphatic rings. The van der Waals surface area contributed by atoms with Gasteiger partial charge in [0.25, 0.3) is 0 Å². The van der Waals surface area contributed by atoms with Gasteiger partial charge in [0, 0.05) is 24.0 Å². The maximum Gasteiger partial charge on any atom is 0.213 e. The highest BCUT2D eigenvalue weighted by molar-refractivity contribution is 5.80. The van der Waals surface area contributed by atoms with Crippen LogP contribution in [0.25, 0.3) is 11.0 Å². The number of nitrogens with zero attached hydrogens (tertiary/aromatic N) is 3. The summed E-state index contributed by atoms with van der Waals surface area (Å²) < 4.78 is 10.7. The van der Waals surface area contributed by atoms with Crippen LogP contribution in [0.15, 0.2) is 42.9 Å². The van der Waals surface area contributed by atoms with E-state index >= 15 is 0 Å². The van der Waals surface area contributed by atoms with Crippen molar-refractivity contribution >= 4 is 17.3 Å². The molecule has 110 valence electrons. The first-order chi connectivity index (χ1) is 10.8. The van der Waals surface area contributed by atoms with Crippen LogP contribution in [0, 0.1) is 0 Å². The summed E-state index contributed by atoms with van der Waals surface area (Å²) in [5, 5.41) is 0. The summed E-state index contributed by atoms with van der Waals surface area (Å²) in [6.45, 7) is 0.269. The second kappa shape index (κ2) is 6.17. The molecule has 0 aliphatic carbocycles. The second-order valence-electron chi connectivity index (χ2n) is 4.51. The fourth-order valence-electron chi connectivity index (χ4n) is 2.07. The molecule has 3 aromatic heterocycles. The number of hydrogen-bond acceptors (Lipinski definition) is 6. The Kier molecular flexibility index (Phi) is 3.91. The number of carbonyl (C=O) groups is 1. The van der Waals surface area contributed by atoms with Crippen molar-refractivity contribution in [1.82, 2.24) is 15.0 Å². The van der Waals surface area contributed by atoms with Gasteiger partial charge in [-0.25, -0.2) is 4.98 Å². The van der Waals surface area contributed by atoms with Gasteiger partial charge < -0.3 is 9.47 Å². The maximum atomic E-state index is 11.1. The molecule has 0 saturated heterocycles. The molecule has 0 bridgehead atoms. The fraction of sp³-hybridized carbons (Fsp3) is 0.125. The predicted octanol–water partition coefficient (Wildman–Crippen LogP) is 2.42. The standard InChI is InChI=1S/C16H13N3O3/c1-21-15-7-12(9-20)14(8-19-15)22-10-11-4-6-17-13-3-2-5-18-16(11)13/h2-9H,10H2,1H3. The van der Waals surface area contributed by atoms with Crippen LogP contribution in [-0.2, 0) is 6.61 Å². The predicted molar refractivity (Wildman–Crippen MR) is 80.0 cm³/mol. The van der Waals surface area contributed by atoms with Gasteiger partial charge in [-0.05, 0) is 18.2 Å². The van der Waals surface area contributed by atoms with Crippen molar-refractivity contribution in [3.05, 3.63) is 54.0 Å². The number of aromatic nitrogens is 3. The Morgan fingerprint density at radius 3 is 2.91 bits per heavy atom. The molecule has 3 aromatic rings. The lowest BCUT2D eigenvalue weighted by molar-refractivity contribution is 0.111. The number of carbonyl (C=O) groups excluding carboxylic acids is 1. The number of hydrogen-bond donors (Lipinski definition) is 0. The minimum Gasteiger partial charge on any atom is -0.486 e. The lowest BCUT2D eigenvalue weighted by Crippen LogP contribution is -2.01. The molecule has 6 heteroatoms. The zero-order chi connectivity index (χ0) is 15.4. The van der Waals surface area contributed by atoms with E-state index < -0.39 is 0 Å². The molecule has 0 aromatic carbocycles. The molecule has 0 fully saturated rings. The second-order valence-corrected chi connectivity index (χ2v) is 4.51. The Bertz CT molecular complexity index is 815. The molecule has 0 atom stereocenters. The summed E-state index contributed by atoms with van der Waals surface area (Å²) in [7, 11) is 1.49. The molecular formula is C16H13N3O3. The van der Waals surface area contributed by atoms with Crippen LogP contribution < -0.4 is 9.47 Å². The first kappa shape index (κ1) is 13.9. The topological polar surface area (TPSA) is 74.2 Å². The monoisotopic (exact) mass is 295 g/mol. The number of aldehydes is 1. The molecule has 0 radical (unpaired) electrons. The smallest absolute Gasteiger partial charge is 0.213 e. The van der Waals surface area contributed by atoms with E-state index in [2.05, 4.69) is 15.0 Å². The van der Waals surface area contributed by atoms with Gasteiger partial charge in [-0.15, -0.1) is 0 Å². The van der Waals surface area contributed by atoms with E-state index in [-0.39, 0.29) is 6.61 Å². The average Bonchev–Trinajstić information content (AvgIpc) is 2.59. The van der Waals surface area contributed by atoms with Crippen molar-refractivity contribution in [2.24, 2.45) is 0 Å². The molecule has 0 unspecified atom stereocenters. The number of fused-ring (bicyclic) bond motifs is 1. The van der Waals surface area contributed by atoms with Gasteiger partial charge in [0.2, 0.25) is 5.88 Å². The maximum absolute atomic E-state index is 11.1. The van der Waals surface area contributed by atoms with Crippen molar-refractivity contribution in [2.45, 2.75) is 6.61 Å². The molecule has 22 heavy (non-hydrogen) atoms. The fourth-order valence-corrected chi connectivity index (χ4v) is 2.07. The van der Waals surface area contributed by atoms with Gasteiger partial charge >= 0.3 is 0 Å². The van der Waals surface area contributed by atoms with Crippen molar-refractivity contribution < 1.29 is 14.3 Å². The van der Waals surface area contributed by atoms with E-state index in [4.69, 9.17) is 9.47 Å². The molecule has 3 rings (SSSR count). The van der Waals surface area contributed by atoms with Crippen LogP contribution in [0.2, 0.25) is 0 Å². The Morgan fingerprint density at radius 1 is 1.18 bits per heavy atom. The highest BCUT2D eigenvalue weighted by Crippen LogP contribution is 2.22. The van der Waals surface area contributed by atoms with E-state index in [1.165, 1.54) is 19.4 Å². The first-order valence-corrected chi connectivity index (χ1v) is 6.62. The number of pyridine rings is 3. The van der Waals surface area contributed by atoms with Crippen LogP contribution in [0.3, 0.4) is 0 Å². The molecule has 3 heterocycles. The number of rotatable bonds is 5. The molecule has 0 saturated carbocycles. The molecule has 0 spiro atoms. The molecular weight excluding hydrogens is 282 g/mol. The first-order valence-electron chi connectivity index (χ1n) is 6.62. The van der Waals surface area contributed by atoms with Crippen LogP contribution in [-0.4, -0.2) is 28.3 Å². The van der Waals surface area contributed by atoms with Crippen molar-refractivity contribution in [1.29, 1.82) is 0 Å². The van der Waals surface area contributed by atoms with Gasteiger partial charge in [0.15, 0.2) is 6.29 Å². The van der Waals surface area contributed by atoms with Crippen LogP contribution in [0.5, 0.6) is 11.6 Å². The van der Waals surface area contributed by atoms with E-state index in [9.17, 15) is 4.79 Å². The lowest BCUT2D eigenvalue weighted by atomic mass is 10.2. The van der Waals surface area contributed by atoms with Crippen LogP contribution in [0.1, 0.15) is 15.9 Å². The van der Waals surface area contributed by atoms with Gasteiger partial charge in [0.05, 0.1) is 29.9 Å². The number of ether oxygens (including phenoxy) is 2. The largest absolute Gasteiger partial charge is 0.486 e. The number of methoxy groups -OCH3 is 1. The summed E-state index contributed by atoms with van der Waals surface area (Å²) in [5.74, 6) is 0.766. The van der Waals surface area contributed by atoms with E-state index in [1.807, 2.05) is 18.2 Å². The van der Waals surface area contributed by atoms with Gasteiger partial charge in [-0.1, -0.05) is 0 Å². The lowest BCUT2D eigenvalue weighted by Gasteiger charge is -2.10. The summed E-state index contributed by atoms with van der Waals surface area (Å²) in [5.41, 5.74) is 2.85. The highest BCUT2D eigenvalue weighted by Gasteiger charge is 2.08. The summed E-state index contributed by atoms with van der Waals surface area (Å²) in [6.07, 6.45) is 5.59. The minimum atomic E-state index is 0.269. The zero-order valence-electron chi connectivity index (χ0n) is 11.9. The highest BCUT2D eigenvalue weighted by atomic mass is 16.5. The Hall–Kier alpha value is -3.02. The SMILES string of the molecule is COc1cc(C=O)c(OCc2ccnc3cccnc23)cn1. The summed E-state index contributed by atoms with van der Waals surface area (Å²) in [6, 6.07) is 7.09. The molecule has 0 amide bonds. The summed E-state index contributed by atoms with van der Waals surface area (Å²) in [4.78, 5) is 23.7. The van der Waals surface area contributed by atoms with E-state index in [0.29, 0.717) is 23.5 Å². The van der Waals surface area contributed by atoms with Crippen molar-refractivity contribution in [3.8, 4) is 11.6 Å². The van der Waals surface area contributed by atoms with E-state index in [0.717, 1.165) is 16.6 Å². The molecule has 0 N–H and O–H groups in total. The third-order valence-electron chi connectivity index (χ3n) is 3.17. The molecule has 6 nitrogen and oxygen atoms in total. The average molecular weight is 295 g/mol. The Morgan fingerprint density at radius 2 is 2.09 bits per heavy atom. The van der Waals surface area contributed by atoms with Crippen LogP contribution in [0.4, 0.5) is 0 Å². The quantitative estimate of drug-likeness (QED) is 0.673.